The minimum absolute atomic E-state index is 0.00357. The second-order valence-electron chi connectivity index (χ2n) is 6.09. The van der Waals surface area contributed by atoms with Crippen molar-refractivity contribution >= 4 is 40.6 Å². The van der Waals surface area contributed by atoms with Crippen LogP contribution < -0.4 is 15.5 Å². The van der Waals surface area contributed by atoms with Crippen molar-refractivity contribution in [3.8, 4) is 0 Å². The lowest BCUT2D eigenvalue weighted by molar-refractivity contribution is 0.0918. The number of aliphatic hydroxyl groups excluding tert-OH is 1. The van der Waals surface area contributed by atoms with Crippen LogP contribution in [-0.4, -0.2) is 42.8 Å². The highest BCUT2D eigenvalue weighted by Gasteiger charge is 2.20. The lowest BCUT2D eigenvalue weighted by Gasteiger charge is -2.13. The fourth-order valence-electron chi connectivity index (χ4n) is 2.32. The number of thiophene rings is 1. The van der Waals surface area contributed by atoms with Crippen LogP contribution in [0, 0.1) is 6.92 Å². The van der Waals surface area contributed by atoms with E-state index in [-0.39, 0.29) is 18.5 Å². The summed E-state index contributed by atoms with van der Waals surface area (Å²) in [5.74, 6) is -0.186. The van der Waals surface area contributed by atoms with Gasteiger partial charge >= 0.3 is 6.03 Å². The van der Waals surface area contributed by atoms with Crippen LogP contribution in [0.15, 0.2) is 36.4 Å². The topological polar surface area (TPSA) is 81.7 Å². The van der Waals surface area contributed by atoms with Gasteiger partial charge in [0.2, 0.25) is 0 Å². The van der Waals surface area contributed by atoms with Crippen molar-refractivity contribution in [3.63, 3.8) is 0 Å². The summed E-state index contributed by atoms with van der Waals surface area (Å²) in [7, 11) is 0. The summed E-state index contributed by atoms with van der Waals surface area (Å²) >= 11 is 6.91. The zero-order valence-corrected chi connectivity index (χ0v) is 18.9. The van der Waals surface area contributed by atoms with Crippen LogP contribution >= 0.6 is 22.9 Å². The maximum Gasteiger partial charge on any atom is 0.321 e. The van der Waals surface area contributed by atoms with Crippen molar-refractivity contribution < 1.29 is 14.7 Å². The molecule has 0 spiro atoms. The largest absolute Gasteiger partial charge is 0.391 e. The molecule has 29 heavy (non-hydrogen) atoms. The number of rotatable bonds is 5. The van der Waals surface area contributed by atoms with E-state index in [4.69, 9.17) is 11.6 Å². The number of nitrogens with one attached hydrogen (secondary N) is 2. The molecule has 2 heterocycles. The van der Waals surface area contributed by atoms with E-state index in [1.165, 1.54) is 16.9 Å². The number of nitrogens with zero attached hydrogens (tertiary/aromatic N) is 1. The van der Waals surface area contributed by atoms with Gasteiger partial charge in [-0.25, -0.2) is 4.79 Å². The molecule has 160 valence electrons. The molecule has 0 bridgehead atoms. The normalized spacial score (nSPS) is 13.4. The van der Waals surface area contributed by atoms with E-state index in [9.17, 15) is 14.7 Å². The number of aryl methyl sites for hydroxylation is 1. The van der Waals surface area contributed by atoms with Crippen molar-refractivity contribution in [3.05, 3.63) is 51.2 Å². The summed E-state index contributed by atoms with van der Waals surface area (Å²) in [6, 6.07) is 11.3. The lowest BCUT2D eigenvalue weighted by atomic mass is 10.2. The molecule has 1 unspecified atom stereocenters. The van der Waals surface area contributed by atoms with Gasteiger partial charge in [0.1, 0.15) is 0 Å². The van der Waals surface area contributed by atoms with Gasteiger partial charge in [0.25, 0.3) is 5.91 Å². The molecule has 1 aromatic heterocycles. The summed E-state index contributed by atoms with van der Waals surface area (Å²) in [4.78, 5) is 25.0. The average Bonchev–Trinajstić information content (AvgIpc) is 3.37. The zero-order valence-electron chi connectivity index (χ0n) is 17.4. The van der Waals surface area contributed by atoms with Crippen LogP contribution in [0.3, 0.4) is 0 Å². The first kappa shape index (κ1) is 24.9. The first-order valence-corrected chi connectivity index (χ1v) is 10.9. The number of anilines is 1. The Labute approximate surface area is 181 Å². The van der Waals surface area contributed by atoms with E-state index >= 15 is 0 Å². The zero-order chi connectivity index (χ0) is 21.8. The molecule has 3 amide bonds. The molecule has 0 radical (unpaired) electrons. The summed E-state index contributed by atoms with van der Waals surface area (Å²) in [6.07, 6.45) is 0.153. The Morgan fingerprint density at radius 3 is 2.41 bits per heavy atom. The van der Waals surface area contributed by atoms with Gasteiger partial charge in [-0.15, -0.1) is 11.3 Å². The Bertz CT molecular complexity index is 765. The van der Waals surface area contributed by atoms with Crippen molar-refractivity contribution in [2.75, 3.05) is 24.5 Å². The van der Waals surface area contributed by atoms with Crippen molar-refractivity contribution in [1.82, 2.24) is 10.6 Å². The number of amides is 3. The number of hydrogen-bond acceptors (Lipinski definition) is 4. The molecule has 6 nitrogen and oxygen atoms in total. The smallest absolute Gasteiger partial charge is 0.321 e. The minimum Gasteiger partial charge on any atom is -0.391 e. The van der Waals surface area contributed by atoms with Crippen LogP contribution in [0.1, 0.15) is 42.4 Å². The Morgan fingerprint density at radius 2 is 1.93 bits per heavy atom. The van der Waals surface area contributed by atoms with Crippen LogP contribution in [0.4, 0.5) is 10.5 Å². The van der Waals surface area contributed by atoms with Gasteiger partial charge in [0, 0.05) is 25.3 Å². The number of aliphatic hydroxyl groups is 1. The van der Waals surface area contributed by atoms with Gasteiger partial charge in [-0.1, -0.05) is 50.1 Å². The molecule has 1 aliphatic heterocycles. The molecule has 3 N–H and O–H groups in total. The lowest BCUT2D eigenvalue weighted by Crippen LogP contribution is -2.31. The van der Waals surface area contributed by atoms with Gasteiger partial charge in [-0.05, 0) is 37.6 Å². The van der Waals surface area contributed by atoms with E-state index in [0.29, 0.717) is 15.6 Å². The van der Waals surface area contributed by atoms with Crippen LogP contribution in [0.5, 0.6) is 0 Å². The number of hydrogen-bond donors (Lipinski definition) is 3. The standard InChI is InChI=1S/C10H12N2O.C9H12ClNO2S.C2H6/c1-8-2-4-9(5-3-8)12-7-6-11-10(12)13;1-2-6(12)5-11-9(13)7-3-4-8(10)14-7;1-2/h2-5H,6-7H2,1H3,(H,11,13);3-4,6,12H,2,5H2,1H3,(H,11,13);1-2H3. The molecule has 2 aromatic rings. The summed E-state index contributed by atoms with van der Waals surface area (Å²) < 4.78 is 0.589. The van der Waals surface area contributed by atoms with Gasteiger partial charge in [-0.2, -0.15) is 0 Å². The molecule has 0 aliphatic carbocycles. The summed E-state index contributed by atoms with van der Waals surface area (Å²) in [5, 5.41) is 14.6. The quantitative estimate of drug-likeness (QED) is 0.643. The Balaban J connectivity index is 0.000000268. The SMILES string of the molecule is CC.CCC(O)CNC(=O)c1ccc(Cl)s1.Cc1ccc(N2CCNC2=O)cc1. The summed E-state index contributed by atoms with van der Waals surface area (Å²) in [6.45, 7) is 9.69. The monoisotopic (exact) mass is 439 g/mol. The second kappa shape index (κ2) is 13.2. The molecule has 1 saturated heterocycles. The van der Waals surface area contributed by atoms with E-state index in [1.807, 2.05) is 52.0 Å². The van der Waals surface area contributed by atoms with Gasteiger partial charge in [-0.3, -0.25) is 9.69 Å². The highest BCUT2D eigenvalue weighted by Crippen LogP contribution is 2.21. The van der Waals surface area contributed by atoms with Crippen LogP contribution in [0.2, 0.25) is 4.34 Å². The second-order valence-corrected chi connectivity index (χ2v) is 7.81. The first-order chi connectivity index (χ1) is 13.9. The molecular weight excluding hydrogens is 410 g/mol. The van der Waals surface area contributed by atoms with Gasteiger partial charge in [0.15, 0.2) is 0 Å². The number of benzene rings is 1. The third kappa shape index (κ3) is 8.43. The van der Waals surface area contributed by atoms with Crippen molar-refractivity contribution in [1.29, 1.82) is 0 Å². The van der Waals surface area contributed by atoms with Crippen molar-refractivity contribution in [2.45, 2.75) is 40.2 Å². The first-order valence-electron chi connectivity index (χ1n) is 9.74. The molecule has 8 heteroatoms. The summed E-state index contributed by atoms with van der Waals surface area (Å²) in [5.41, 5.74) is 2.18. The third-order valence-electron chi connectivity index (χ3n) is 3.97. The molecule has 3 rings (SSSR count). The number of urea groups is 1. The predicted octanol–water partition coefficient (Wildman–Crippen LogP) is 4.45. The molecule has 0 saturated carbocycles. The van der Waals surface area contributed by atoms with Crippen molar-refractivity contribution in [2.24, 2.45) is 0 Å². The number of halogens is 1. The maximum absolute atomic E-state index is 11.4. The van der Waals surface area contributed by atoms with E-state index < -0.39 is 6.10 Å². The van der Waals surface area contributed by atoms with E-state index in [0.717, 1.165) is 18.8 Å². The van der Waals surface area contributed by atoms with E-state index in [1.54, 1.807) is 17.0 Å². The van der Waals surface area contributed by atoms with E-state index in [2.05, 4.69) is 10.6 Å². The molecule has 1 atom stereocenters. The molecule has 1 fully saturated rings. The van der Waals surface area contributed by atoms with Gasteiger partial charge in [0.05, 0.1) is 15.3 Å². The number of carbonyl (C=O) groups excluding carboxylic acids is 2. The fraction of sp³-hybridized carbons (Fsp3) is 0.429. The van der Waals surface area contributed by atoms with Crippen LogP contribution in [-0.2, 0) is 0 Å². The minimum atomic E-state index is -0.477. The predicted molar refractivity (Wildman–Crippen MR) is 121 cm³/mol. The Hall–Kier alpha value is -2.09. The Morgan fingerprint density at radius 1 is 1.28 bits per heavy atom. The fourth-order valence-corrected chi connectivity index (χ4v) is 3.28. The molecule has 1 aliphatic rings. The highest BCUT2D eigenvalue weighted by molar-refractivity contribution is 7.17. The number of carbonyl (C=O) groups is 2. The third-order valence-corrected chi connectivity index (χ3v) is 5.20. The van der Waals surface area contributed by atoms with Gasteiger partial charge < -0.3 is 15.7 Å². The maximum atomic E-state index is 11.4. The van der Waals surface area contributed by atoms with Crippen LogP contribution in [0.25, 0.3) is 0 Å². The molecular formula is C21H30ClN3O3S. The highest BCUT2D eigenvalue weighted by atomic mass is 35.5. The Kier molecular flexibility index (Phi) is 11.3. The molecule has 1 aromatic carbocycles. The average molecular weight is 440 g/mol.